The number of benzene rings is 2. The van der Waals surface area contributed by atoms with E-state index in [2.05, 4.69) is 17.6 Å². The summed E-state index contributed by atoms with van der Waals surface area (Å²) in [7, 11) is 3.19. The van der Waals surface area contributed by atoms with Crippen molar-refractivity contribution in [3.05, 3.63) is 65.4 Å². The average Bonchev–Trinajstić information content (AvgIpc) is 2.74. The van der Waals surface area contributed by atoms with Gasteiger partial charge in [0.05, 0.1) is 20.6 Å². The summed E-state index contributed by atoms with van der Waals surface area (Å²) < 4.78 is 10.3. The molecule has 0 aromatic heterocycles. The molecule has 29 heavy (non-hydrogen) atoms. The Morgan fingerprint density at radius 3 is 2.07 bits per heavy atom. The fourth-order valence-electron chi connectivity index (χ4n) is 2.62. The van der Waals surface area contributed by atoms with Gasteiger partial charge in [-0.25, -0.2) is 0 Å². The first-order chi connectivity index (χ1) is 14.0. The quantitative estimate of drug-likeness (QED) is 0.477. The molecule has 0 bridgehead atoms. The minimum absolute atomic E-state index is 0.159. The summed E-state index contributed by atoms with van der Waals surface area (Å²) in [5.41, 5.74) is 1.83. The minimum Gasteiger partial charge on any atom is -0.497 e. The molecule has 0 saturated heterocycles. The summed E-state index contributed by atoms with van der Waals surface area (Å²) in [4.78, 5) is 25.1. The van der Waals surface area contributed by atoms with Crippen LogP contribution in [0.1, 0.15) is 30.9 Å². The van der Waals surface area contributed by atoms with Gasteiger partial charge in [0, 0.05) is 6.54 Å². The van der Waals surface area contributed by atoms with Crippen molar-refractivity contribution in [3.63, 3.8) is 0 Å². The first-order valence-corrected chi connectivity index (χ1v) is 9.62. The van der Waals surface area contributed by atoms with Gasteiger partial charge >= 0.3 is 0 Å². The molecule has 0 spiro atoms. The average molecular weight is 396 g/mol. The van der Waals surface area contributed by atoms with E-state index in [4.69, 9.17) is 9.47 Å². The molecule has 0 aliphatic carbocycles. The van der Waals surface area contributed by atoms with Crippen LogP contribution in [0.4, 0.5) is 0 Å². The lowest BCUT2D eigenvalue weighted by Crippen LogP contribution is -2.35. The zero-order valence-corrected chi connectivity index (χ0v) is 17.2. The van der Waals surface area contributed by atoms with Crippen LogP contribution in [0, 0.1) is 0 Å². The Labute approximate surface area is 171 Å². The molecular weight excluding hydrogens is 368 g/mol. The van der Waals surface area contributed by atoms with Gasteiger partial charge in [0.15, 0.2) is 0 Å². The molecule has 0 saturated carbocycles. The normalized spacial score (nSPS) is 10.9. The molecule has 0 fully saturated rings. The number of amides is 2. The van der Waals surface area contributed by atoms with Crippen molar-refractivity contribution in [1.82, 2.24) is 10.6 Å². The number of nitrogens with one attached hydrogen (secondary N) is 2. The van der Waals surface area contributed by atoms with Gasteiger partial charge in [0.2, 0.25) is 5.91 Å². The van der Waals surface area contributed by atoms with Gasteiger partial charge in [0.1, 0.15) is 17.2 Å². The lowest BCUT2D eigenvalue weighted by molar-refractivity contribution is -0.123. The molecule has 0 heterocycles. The van der Waals surface area contributed by atoms with E-state index >= 15 is 0 Å². The van der Waals surface area contributed by atoms with Gasteiger partial charge < -0.3 is 20.1 Å². The summed E-state index contributed by atoms with van der Waals surface area (Å²) in [6.45, 7) is 2.61. The second kappa shape index (κ2) is 11.5. The van der Waals surface area contributed by atoms with Gasteiger partial charge in [-0.05, 0) is 47.9 Å². The van der Waals surface area contributed by atoms with Crippen LogP contribution < -0.4 is 20.1 Å². The maximum Gasteiger partial charge on any atom is 0.267 e. The minimum atomic E-state index is -0.308. The second-order valence-electron chi connectivity index (χ2n) is 6.51. The Hall–Kier alpha value is -3.28. The van der Waals surface area contributed by atoms with E-state index < -0.39 is 0 Å². The summed E-state index contributed by atoms with van der Waals surface area (Å²) >= 11 is 0. The number of hydrogen-bond donors (Lipinski definition) is 2. The number of ether oxygens (including phenoxy) is 2. The largest absolute Gasteiger partial charge is 0.497 e. The molecule has 0 aliphatic heterocycles. The Morgan fingerprint density at radius 1 is 0.931 bits per heavy atom. The standard InChI is InChI=1S/C23H28N2O4/c1-4-5-14-24-23(27)21(15-17-6-10-19(28-2)11-7-17)25-22(26)16-18-8-12-20(29-3)13-9-18/h6-13,15H,4-5,14,16H2,1-3H3,(H,24,27)(H,25,26)/b21-15+. The number of methoxy groups -OCH3 is 2. The molecule has 2 aromatic carbocycles. The van der Waals surface area contributed by atoms with E-state index in [-0.39, 0.29) is 23.9 Å². The summed E-state index contributed by atoms with van der Waals surface area (Å²) in [5, 5.41) is 5.59. The highest BCUT2D eigenvalue weighted by Crippen LogP contribution is 2.14. The highest BCUT2D eigenvalue weighted by Gasteiger charge is 2.13. The van der Waals surface area contributed by atoms with Crippen LogP contribution in [0.15, 0.2) is 54.2 Å². The van der Waals surface area contributed by atoms with Gasteiger partial charge in [-0.3, -0.25) is 9.59 Å². The molecule has 2 amide bonds. The Bertz CT molecular complexity index is 827. The van der Waals surface area contributed by atoms with Crippen molar-refractivity contribution in [2.24, 2.45) is 0 Å². The Balaban J connectivity index is 2.12. The molecule has 0 aliphatic rings. The maximum atomic E-state index is 12.6. The van der Waals surface area contributed by atoms with Gasteiger partial charge in [-0.2, -0.15) is 0 Å². The number of rotatable bonds is 10. The van der Waals surface area contributed by atoms with E-state index in [1.807, 2.05) is 24.3 Å². The third kappa shape index (κ3) is 7.33. The predicted molar refractivity (Wildman–Crippen MR) is 114 cm³/mol. The van der Waals surface area contributed by atoms with Crippen molar-refractivity contribution in [2.45, 2.75) is 26.2 Å². The van der Waals surface area contributed by atoms with Gasteiger partial charge in [-0.15, -0.1) is 0 Å². The predicted octanol–water partition coefficient (Wildman–Crippen LogP) is 3.32. The SMILES string of the molecule is CCCCNC(=O)/C(=C\c1ccc(OC)cc1)NC(=O)Cc1ccc(OC)cc1. The first-order valence-electron chi connectivity index (χ1n) is 9.62. The van der Waals surface area contributed by atoms with Crippen molar-refractivity contribution in [2.75, 3.05) is 20.8 Å². The van der Waals surface area contributed by atoms with Crippen LogP contribution in [0.3, 0.4) is 0 Å². The third-order valence-electron chi connectivity index (χ3n) is 4.29. The Kier molecular flexibility index (Phi) is 8.76. The number of hydrogen-bond acceptors (Lipinski definition) is 4. The number of carbonyl (C=O) groups excluding carboxylic acids is 2. The molecule has 0 radical (unpaired) electrons. The van der Waals surface area contributed by atoms with E-state index in [9.17, 15) is 9.59 Å². The van der Waals surface area contributed by atoms with Crippen molar-refractivity contribution in [3.8, 4) is 11.5 Å². The van der Waals surface area contributed by atoms with E-state index in [0.29, 0.717) is 6.54 Å². The zero-order valence-electron chi connectivity index (χ0n) is 17.2. The van der Waals surface area contributed by atoms with E-state index in [1.54, 1.807) is 44.6 Å². The van der Waals surface area contributed by atoms with Gasteiger partial charge in [-0.1, -0.05) is 37.6 Å². The highest BCUT2D eigenvalue weighted by atomic mass is 16.5. The smallest absolute Gasteiger partial charge is 0.267 e. The molecule has 6 nitrogen and oxygen atoms in total. The van der Waals surface area contributed by atoms with Gasteiger partial charge in [0.25, 0.3) is 5.91 Å². The molecular formula is C23H28N2O4. The van der Waals surface area contributed by atoms with Crippen LogP contribution in [-0.2, 0) is 16.0 Å². The lowest BCUT2D eigenvalue weighted by atomic mass is 10.1. The Morgan fingerprint density at radius 2 is 1.52 bits per heavy atom. The highest BCUT2D eigenvalue weighted by molar-refractivity contribution is 6.01. The topological polar surface area (TPSA) is 76.7 Å². The van der Waals surface area contributed by atoms with Crippen molar-refractivity contribution >= 4 is 17.9 Å². The fourth-order valence-corrected chi connectivity index (χ4v) is 2.62. The number of carbonyl (C=O) groups is 2. The van der Waals surface area contributed by atoms with Crippen LogP contribution in [0.25, 0.3) is 6.08 Å². The second-order valence-corrected chi connectivity index (χ2v) is 6.51. The molecule has 0 atom stereocenters. The zero-order chi connectivity index (χ0) is 21.1. The molecule has 2 N–H and O–H groups in total. The summed E-state index contributed by atoms with van der Waals surface area (Å²) in [6, 6.07) is 14.5. The molecule has 154 valence electrons. The van der Waals surface area contributed by atoms with Crippen molar-refractivity contribution in [1.29, 1.82) is 0 Å². The van der Waals surface area contributed by atoms with E-state index in [0.717, 1.165) is 35.5 Å². The van der Waals surface area contributed by atoms with Crippen molar-refractivity contribution < 1.29 is 19.1 Å². The molecule has 6 heteroatoms. The first kappa shape index (κ1) is 22.0. The van der Waals surface area contributed by atoms with E-state index in [1.165, 1.54) is 0 Å². The maximum absolute atomic E-state index is 12.6. The van der Waals surface area contributed by atoms with Crippen LogP contribution >= 0.6 is 0 Å². The lowest BCUT2D eigenvalue weighted by Gasteiger charge is -2.11. The summed E-state index contributed by atoms with van der Waals surface area (Å²) in [5.74, 6) is 0.877. The van der Waals surface area contributed by atoms with Crippen LogP contribution in [-0.4, -0.2) is 32.6 Å². The van der Waals surface area contributed by atoms with Crippen LogP contribution in [0.2, 0.25) is 0 Å². The molecule has 2 rings (SSSR count). The van der Waals surface area contributed by atoms with Crippen LogP contribution in [0.5, 0.6) is 11.5 Å². The third-order valence-corrected chi connectivity index (χ3v) is 4.29. The monoisotopic (exact) mass is 396 g/mol. The fraction of sp³-hybridized carbons (Fsp3) is 0.304. The number of unbranched alkanes of at least 4 members (excludes halogenated alkanes) is 1. The summed E-state index contributed by atoms with van der Waals surface area (Å²) in [6.07, 6.45) is 3.67. The molecule has 2 aromatic rings. The molecule has 0 unspecified atom stereocenters.